The molecule has 25 heavy (non-hydrogen) atoms. The number of piperidine rings is 2. The zero-order valence-corrected chi connectivity index (χ0v) is 15.5. The lowest BCUT2D eigenvalue weighted by molar-refractivity contribution is -0.126. The van der Waals surface area contributed by atoms with Crippen LogP contribution in [0.15, 0.2) is 18.5 Å². The first-order valence-corrected chi connectivity index (χ1v) is 9.66. The molecule has 0 saturated carbocycles. The Morgan fingerprint density at radius 1 is 1.24 bits per heavy atom. The van der Waals surface area contributed by atoms with Crippen molar-refractivity contribution in [3.05, 3.63) is 18.5 Å². The number of carbonyl (C=O) groups is 1. The molecule has 0 unspecified atom stereocenters. The Balaban J connectivity index is 1.41. The van der Waals surface area contributed by atoms with Crippen molar-refractivity contribution in [1.82, 2.24) is 20.2 Å². The zero-order valence-electron chi connectivity index (χ0n) is 15.5. The summed E-state index contributed by atoms with van der Waals surface area (Å²) in [6, 6.07) is 2.04. The van der Waals surface area contributed by atoms with Gasteiger partial charge in [0.15, 0.2) is 0 Å². The van der Waals surface area contributed by atoms with Crippen LogP contribution >= 0.6 is 0 Å². The molecule has 3 heterocycles. The molecule has 1 N–H and O–H groups in total. The van der Waals surface area contributed by atoms with Gasteiger partial charge in [0.2, 0.25) is 11.9 Å². The van der Waals surface area contributed by atoms with Gasteiger partial charge in [0.1, 0.15) is 0 Å². The fourth-order valence-electron chi connectivity index (χ4n) is 4.04. The van der Waals surface area contributed by atoms with Crippen molar-refractivity contribution < 1.29 is 4.79 Å². The van der Waals surface area contributed by atoms with Crippen molar-refractivity contribution in [1.29, 1.82) is 0 Å². The normalized spacial score (nSPS) is 24.1. The molecule has 0 aromatic carbocycles. The lowest BCUT2D eigenvalue weighted by Gasteiger charge is -2.34. The van der Waals surface area contributed by atoms with Crippen LogP contribution < -0.4 is 10.2 Å². The van der Waals surface area contributed by atoms with Gasteiger partial charge in [0.25, 0.3) is 0 Å². The second-order valence-electron chi connectivity index (χ2n) is 7.73. The number of aromatic nitrogens is 2. The SMILES string of the molecule is C[C@H]1CCCN(C[C@@H](C)NC(=O)C2CCN(c3ncccn3)CC2)C1. The fourth-order valence-corrected chi connectivity index (χ4v) is 4.04. The Hall–Kier alpha value is -1.69. The van der Waals surface area contributed by atoms with Crippen LogP contribution in [0.5, 0.6) is 0 Å². The van der Waals surface area contributed by atoms with E-state index in [0.717, 1.165) is 50.9 Å². The molecule has 2 aliphatic heterocycles. The maximum atomic E-state index is 12.6. The molecule has 2 aliphatic rings. The molecule has 0 aliphatic carbocycles. The number of likely N-dealkylation sites (tertiary alicyclic amines) is 1. The maximum Gasteiger partial charge on any atom is 0.225 e. The molecule has 2 atom stereocenters. The van der Waals surface area contributed by atoms with Crippen LogP contribution in [-0.4, -0.2) is 59.5 Å². The fraction of sp³-hybridized carbons (Fsp3) is 0.737. The standard InChI is InChI=1S/C19H31N5O/c1-15-5-3-10-23(13-15)14-16(2)22-18(25)17-6-11-24(12-7-17)19-20-8-4-9-21-19/h4,8-9,15-17H,3,5-7,10-14H2,1-2H3,(H,22,25)/t15-,16+/m0/s1. The van der Waals surface area contributed by atoms with Gasteiger partial charge in [-0.2, -0.15) is 0 Å². The molecule has 0 bridgehead atoms. The third kappa shape index (κ3) is 5.14. The number of carbonyl (C=O) groups excluding carboxylic acids is 1. The smallest absolute Gasteiger partial charge is 0.225 e. The second kappa shape index (κ2) is 8.61. The summed E-state index contributed by atoms with van der Waals surface area (Å²) in [6.45, 7) is 9.44. The number of hydrogen-bond donors (Lipinski definition) is 1. The highest BCUT2D eigenvalue weighted by molar-refractivity contribution is 5.79. The van der Waals surface area contributed by atoms with Crippen LogP contribution in [0.4, 0.5) is 5.95 Å². The van der Waals surface area contributed by atoms with E-state index < -0.39 is 0 Å². The topological polar surface area (TPSA) is 61.4 Å². The quantitative estimate of drug-likeness (QED) is 0.883. The molecule has 1 aromatic rings. The Morgan fingerprint density at radius 3 is 2.64 bits per heavy atom. The van der Waals surface area contributed by atoms with E-state index in [1.807, 2.05) is 6.07 Å². The predicted molar refractivity (Wildman–Crippen MR) is 99.4 cm³/mol. The van der Waals surface area contributed by atoms with Gasteiger partial charge >= 0.3 is 0 Å². The predicted octanol–water partition coefficient (Wildman–Crippen LogP) is 1.93. The summed E-state index contributed by atoms with van der Waals surface area (Å²) in [5.41, 5.74) is 0. The van der Waals surface area contributed by atoms with Crippen LogP contribution in [0.1, 0.15) is 39.5 Å². The Morgan fingerprint density at radius 2 is 1.96 bits per heavy atom. The molecule has 6 nitrogen and oxygen atoms in total. The number of anilines is 1. The van der Waals surface area contributed by atoms with E-state index in [1.165, 1.54) is 19.4 Å². The van der Waals surface area contributed by atoms with E-state index in [-0.39, 0.29) is 17.9 Å². The van der Waals surface area contributed by atoms with E-state index in [2.05, 4.69) is 38.9 Å². The highest BCUT2D eigenvalue weighted by atomic mass is 16.1. The third-order valence-corrected chi connectivity index (χ3v) is 5.36. The van der Waals surface area contributed by atoms with E-state index >= 15 is 0 Å². The van der Waals surface area contributed by atoms with Crippen molar-refractivity contribution in [2.24, 2.45) is 11.8 Å². The van der Waals surface area contributed by atoms with Gasteiger partial charge in [-0.3, -0.25) is 4.79 Å². The van der Waals surface area contributed by atoms with Crippen molar-refractivity contribution in [3.63, 3.8) is 0 Å². The summed E-state index contributed by atoms with van der Waals surface area (Å²) >= 11 is 0. The minimum Gasteiger partial charge on any atom is -0.352 e. The molecule has 138 valence electrons. The van der Waals surface area contributed by atoms with Crippen LogP contribution in [0.2, 0.25) is 0 Å². The number of nitrogens with zero attached hydrogens (tertiary/aromatic N) is 4. The first-order valence-electron chi connectivity index (χ1n) is 9.66. The van der Waals surface area contributed by atoms with Gasteiger partial charge < -0.3 is 15.1 Å². The van der Waals surface area contributed by atoms with Crippen LogP contribution in [-0.2, 0) is 4.79 Å². The summed E-state index contributed by atoms with van der Waals surface area (Å²) < 4.78 is 0. The number of hydrogen-bond acceptors (Lipinski definition) is 5. The third-order valence-electron chi connectivity index (χ3n) is 5.36. The zero-order chi connectivity index (χ0) is 17.6. The van der Waals surface area contributed by atoms with Crippen molar-refractivity contribution in [3.8, 4) is 0 Å². The molecule has 2 saturated heterocycles. The highest BCUT2D eigenvalue weighted by Gasteiger charge is 2.27. The molecular formula is C19H31N5O. The van der Waals surface area contributed by atoms with Crippen LogP contribution in [0.25, 0.3) is 0 Å². The number of nitrogens with one attached hydrogen (secondary N) is 1. The maximum absolute atomic E-state index is 12.6. The van der Waals surface area contributed by atoms with Crippen LogP contribution in [0, 0.1) is 11.8 Å². The summed E-state index contributed by atoms with van der Waals surface area (Å²) in [5, 5.41) is 3.24. The highest BCUT2D eigenvalue weighted by Crippen LogP contribution is 2.21. The largest absolute Gasteiger partial charge is 0.352 e. The molecule has 3 rings (SSSR count). The molecule has 6 heteroatoms. The summed E-state index contributed by atoms with van der Waals surface area (Å²) in [7, 11) is 0. The second-order valence-corrected chi connectivity index (χ2v) is 7.73. The minimum absolute atomic E-state index is 0.114. The summed E-state index contributed by atoms with van der Waals surface area (Å²) in [5.74, 6) is 1.88. The van der Waals surface area contributed by atoms with Gasteiger partial charge in [-0.25, -0.2) is 9.97 Å². The molecule has 0 spiro atoms. The first-order chi connectivity index (χ1) is 12.1. The molecule has 0 radical (unpaired) electrons. The summed E-state index contributed by atoms with van der Waals surface area (Å²) in [6.07, 6.45) is 7.90. The van der Waals surface area contributed by atoms with Gasteiger partial charge in [0, 0.05) is 50.5 Å². The summed E-state index contributed by atoms with van der Waals surface area (Å²) in [4.78, 5) is 25.8. The lowest BCUT2D eigenvalue weighted by atomic mass is 9.95. The Kier molecular flexibility index (Phi) is 6.24. The minimum atomic E-state index is 0.114. The van der Waals surface area contributed by atoms with E-state index in [1.54, 1.807) is 12.4 Å². The van der Waals surface area contributed by atoms with Gasteiger partial charge in [-0.15, -0.1) is 0 Å². The average molecular weight is 345 g/mol. The number of rotatable bonds is 5. The lowest BCUT2D eigenvalue weighted by Crippen LogP contribution is -2.48. The molecular weight excluding hydrogens is 314 g/mol. The monoisotopic (exact) mass is 345 g/mol. The van der Waals surface area contributed by atoms with Crippen molar-refractivity contribution in [2.45, 2.75) is 45.6 Å². The van der Waals surface area contributed by atoms with Gasteiger partial charge in [-0.1, -0.05) is 6.92 Å². The van der Waals surface area contributed by atoms with E-state index in [4.69, 9.17) is 0 Å². The Bertz CT molecular complexity index is 544. The van der Waals surface area contributed by atoms with E-state index in [9.17, 15) is 4.79 Å². The Labute approximate surface area is 151 Å². The van der Waals surface area contributed by atoms with Crippen molar-refractivity contribution in [2.75, 3.05) is 37.6 Å². The number of amides is 1. The van der Waals surface area contributed by atoms with Crippen LogP contribution in [0.3, 0.4) is 0 Å². The molecule has 1 amide bonds. The first kappa shape index (κ1) is 18.1. The molecule has 2 fully saturated rings. The average Bonchev–Trinajstić information content (AvgIpc) is 2.62. The van der Waals surface area contributed by atoms with Crippen molar-refractivity contribution >= 4 is 11.9 Å². The van der Waals surface area contributed by atoms with Gasteiger partial charge in [-0.05, 0) is 51.1 Å². The van der Waals surface area contributed by atoms with Gasteiger partial charge in [0.05, 0.1) is 0 Å². The molecule has 1 aromatic heterocycles. The van der Waals surface area contributed by atoms with E-state index in [0.29, 0.717) is 0 Å².